The normalized spacial score (nSPS) is 18.9. The van der Waals surface area contributed by atoms with Gasteiger partial charge in [0.15, 0.2) is 0 Å². The van der Waals surface area contributed by atoms with Crippen molar-refractivity contribution in [1.82, 2.24) is 10.3 Å². The molecule has 0 bridgehead atoms. The second kappa shape index (κ2) is 9.27. The quantitative estimate of drug-likeness (QED) is 0.508. The minimum Gasteiger partial charge on any atom is -0.347 e. The van der Waals surface area contributed by atoms with Crippen LogP contribution in [0.4, 0.5) is 5.69 Å². The van der Waals surface area contributed by atoms with Crippen molar-refractivity contribution in [3.63, 3.8) is 0 Å². The summed E-state index contributed by atoms with van der Waals surface area (Å²) in [5, 5.41) is 6.76. The first-order valence-electron chi connectivity index (χ1n) is 10.2. The van der Waals surface area contributed by atoms with Crippen molar-refractivity contribution in [1.29, 1.82) is 0 Å². The molecule has 156 valence electrons. The predicted octanol–water partition coefficient (Wildman–Crippen LogP) is 5.40. The fourth-order valence-electron chi connectivity index (χ4n) is 4.05. The van der Waals surface area contributed by atoms with Crippen LogP contribution in [-0.4, -0.2) is 23.3 Å². The second-order valence-electron chi connectivity index (χ2n) is 7.74. The fraction of sp³-hybridized carbons (Fsp3) is 0.348. The van der Waals surface area contributed by atoms with Gasteiger partial charge in [-0.2, -0.15) is 0 Å². The topological polar surface area (TPSA) is 71.1 Å². The highest BCUT2D eigenvalue weighted by Gasteiger charge is 2.34. The number of carbonyl (C=O) groups excluding carboxylic acids is 2. The summed E-state index contributed by atoms with van der Waals surface area (Å²) in [5.74, 6) is -0.294. The summed E-state index contributed by atoms with van der Waals surface area (Å²) in [4.78, 5) is 30.1. The van der Waals surface area contributed by atoms with Gasteiger partial charge in [-0.3, -0.25) is 9.59 Å². The minimum atomic E-state index is -0.221. The number of hydrogen-bond donors (Lipinski definition) is 2. The fourth-order valence-corrected chi connectivity index (χ4v) is 5.69. The van der Waals surface area contributed by atoms with E-state index in [9.17, 15) is 9.59 Å². The van der Waals surface area contributed by atoms with Gasteiger partial charge >= 0.3 is 0 Å². The number of thiazole rings is 1. The third kappa shape index (κ3) is 4.73. The Hall–Kier alpha value is -2.25. The standard InChI is InChI=1S/C23H24BrN3O2S/c1-14-12-15(24)10-11-18(14)26-21(28)13-25-22(29)16-6-2-3-7-17(16)23-27-19-8-4-5-9-20(19)30-23/h4-5,8-12,16-17H,2-3,6-7,13H2,1H3,(H,25,29)(H,26,28)/t16-,17+/m0/s1. The molecular weight excluding hydrogens is 462 g/mol. The molecular formula is C23H24BrN3O2S. The van der Waals surface area contributed by atoms with E-state index in [1.54, 1.807) is 11.3 Å². The lowest BCUT2D eigenvalue weighted by Gasteiger charge is -2.29. The average molecular weight is 486 g/mol. The molecule has 5 nitrogen and oxygen atoms in total. The summed E-state index contributed by atoms with van der Waals surface area (Å²) < 4.78 is 2.12. The van der Waals surface area contributed by atoms with Crippen molar-refractivity contribution in [2.24, 2.45) is 5.92 Å². The van der Waals surface area contributed by atoms with Crippen molar-refractivity contribution < 1.29 is 9.59 Å². The van der Waals surface area contributed by atoms with Gasteiger partial charge in [0.1, 0.15) is 0 Å². The lowest BCUT2D eigenvalue weighted by atomic mass is 9.79. The summed E-state index contributed by atoms with van der Waals surface area (Å²) in [7, 11) is 0. The molecule has 1 heterocycles. The Labute approximate surface area is 188 Å². The van der Waals surface area contributed by atoms with E-state index in [0.717, 1.165) is 56.6 Å². The molecule has 4 rings (SSSR count). The summed E-state index contributed by atoms with van der Waals surface area (Å²) in [5.41, 5.74) is 2.71. The van der Waals surface area contributed by atoms with Crippen LogP contribution in [0.2, 0.25) is 0 Å². The number of benzene rings is 2. The third-order valence-electron chi connectivity index (χ3n) is 5.62. The molecule has 3 aromatic rings. The maximum atomic E-state index is 12.9. The van der Waals surface area contributed by atoms with Crippen LogP contribution >= 0.6 is 27.3 Å². The maximum absolute atomic E-state index is 12.9. The number of amides is 2. The summed E-state index contributed by atoms with van der Waals surface area (Å²) >= 11 is 5.10. The Morgan fingerprint density at radius 3 is 2.77 bits per heavy atom. The lowest BCUT2D eigenvalue weighted by Crippen LogP contribution is -2.39. The molecule has 0 spiro atoms. The highest BCUT2D eigenvalue weighted by molar-refractivity contribution is 9.10. The monoisotopic (exact) mass is 485 g/mol. The minimum absolute atomic E-state index is 0.0304. The molecule has 1 aliphatic rings. The molecule has 0 aliphatic heterocycles. The molecule has 1 saturated carbocycles. The number of aromatic nitrogens is 1. The van der Waals surface area contributed by atoms with Gasteiger partial charge in [-0.05, 0) is 55.7 Å². The summed E-state index contributed by atoms with van der Waals surface area (Å²) in [6.07, 6.45) is 3.93. The van der Waals surface area contributed by atoms with Crippen LogP contribution in [0.1, 0.15) is 42.2 Å². The third-order valence-corrected chi connectivity index (χ3v) is 7.28. The zero-order chi connectivity index (χ0) is 21.1. The van der Waals surface area contributed by atoms with E-state index in [2.05, 4.69) is 32.6 Å². The van der Waals surface area contributed by atoms with Crippen LogP contribution in [0, 0.1) is 12.8 Å². The first-order valence-corrected chi connectivity index (χ1v) is 11.8. The van der Waals surface area contributed by atoms with Gasteiger partial charge in [0.05, 0.1) is 21.8 Å². The van der Waals surface area contributed by atoms with Gasteiger partial charge in [-0.1, -0.05) is 40.9 Å². The second-order valence-corrected chi connectivity index (χ2v) is 9.72. The average Bonchev–Trinajstić information content (AvgIpc) is 3.18. The van der Waals surface area contributed by atoms with E-state index >= 15 is 0 Å². The molecule has 2 amide bonds. The molecule has 2 N–H and O–H groups in total. The Morgan fingerprint density at radius 1 is 1.17 bits per heavy atom. The first-order chi connectivity index (χ1) is 14.5. The Bertz CT molecular complexity index is 1050. The van der Waals surface area contributed by atoms with Crippen LogP contribution in [0.5, 0.6) is 0 Å². The summed E-state index contributed by atoms with van der Waals surface area (Å²) in [6, 6.07) is 13.8. The number of hydrogen-bond acceptors (Lipinski definition) is 4. The zero-order valence-electron chi connectivity index (χ0n) is 16.8. The number of nitrogens with one attached hydrogen (secondary N) is 2. The smallest absolute Gasteiger partial charge is 0.243 e. The molecule has 1 aliphatic carbocycles. The van der Waals surface area contributed by atoms with E-state index in [1.807, 2.05) is 43.3 Å². The highest BCUT2D eigenvalue weighted by Crippen LogP contribution is 2.40. The van der Waals surface area contributed by atoms with Gasteiger partial charge in [-0.25, -0.2) is 4.98 Å². The maximum Gasteiger partial charge on any atom is 0.243 e. The number of halogens is 1. The number of carbonyl (C=O) groups is 2. The number of aryl methyl sites for hydroxylation is 1. The van der Waals surface area contributed by atoms with Gasteiger partial charge in [0, 0.05) is 22.0 Å². The van der Waals surface area contributed by atoms with E-state index in [0.29, 0.717) is 0 Å². The van der Waals surface area contributed by atoms with Crippen LogP contribution in [0.25, 0.3) is 10.2 Å². The SMILES string of the molecule is Cc1cc(Br)ccc1NC(=O)CNC(=O)[C@H]1CCCC[C@H]1c1nc2ccccc2s1. The highest BCUT2D eigenvalue weighted by atomic mass is 79.9. The van der Waals surface area contributed by atoms with E-state index in [-0.39, 0.29) is 30.2 Å². The first kappa shape index (κ1) is 21.0. The molecule has 7 heteroatoms. The molecule has 2 aromatic carbocycles. The van der Waals surface area contributed by atoms with Crippen molar-refractivity contribution in [2.75, 3.05) is 11.9 Å². The van der Waals surface area contributed by atoms with Crippen LogP contribution in [0.15, 0.2) is 46.9 Å². The Balaban J connectivity index is 1.40. The summed E-state index contributed by atoms with van der Waals surface area (Å²) in [6.45, 7) is 1.90. The van der Waals surface area contributed by atoms with Crippen LogP contribution < -0.4 is 10.6 Å². The molecule has 30 heavy (non-hydrogen) atoms. The van der Waals surface area contributed by atoms with E-state index < -0.39 is 0 Å². The van der Waals surface area contributed by atoms with Crippen molar-refractivity contribution in [2.45, 2.75) is 38.5 Å². The molecule has 1 aromatic heterocycles. The number of fused-ring (bicyclic) bond motifs is 1. The lowest BCUT2D eigenvalue weighted by molar-refractivity contribution is -0.128. The molecule has 2 atom stereocenters. The van der Waals surface area contributed by atoms with E-state index in [4.69, 9.17) is 4.98 Å². The Morgan fingerprint density at radius 2 is 1.97 bits per heavy atom. The van der Waals surface area contributed by atoms with Gasteiger partial charge in [0.2, 0.25) is 11.8 Å². The Kier molecular flexibility index (Phi) is 6.49. The largest absolute Gasteiger partial charge is 0.347 e. The van der Waals surface area contributed by atoms with Gasteiger partial charge in [-0.15, -0.1) is 11.3 Å². The van der Waals surface area contributed by atoms with Crippen LogP contribution in [0.3, 0.4) is 0 Å². The van der Waals surface area contributed by atoms with Gasteiger partial charge < -0.3 is 10.6 Å². The van der Waals surface area contributed by atoms with Crippen molar-refractivity contribution in [3.8, 4) is 0 Å². The van der Waals surface area contributed by atoms with Crippen molar-refractivity contribution >= 4 is 55.0 Å². The van der Waals surface area contributed by atoms with E-state index in [1.165, 1.54) is 0 Å². The van der Waals surface area contributed by atoms with Gasteiger partial charge in [0.25, 0.3) is 0 Å². The van der Waals surface area contributed by atoms with Crippen molar-refractivity contribution in [3.05, 3.63) is 57.5 Å². The number of anilines is 1. The number of rotatable bonds is 5. The predicted molar refractivity (Wildman–Crippen MR) is 125 cm³/mol. The molecule has 0 saturated heterocycles. The number of nitrogens with zero attached hydrogens (tertiary/aromatic N) is 1. The molecule has 0 radical (unpaired) electrons. The zero-order valence-corrected chi connectivity index (χ0v) is 19.2. The molecule has 0 unspecified atom stereocenters. The molecule has 1 fully saturated rings. The number of para-hydroxylation sites is 1. The van der Waals surface area contributed by atoms with Crippen LogP contribution in [-0.2, 0) is 9.59 Å².